The van der Waals surface area contributed by atoms with Crippen LogP contribution in [0.5, 0.6) is 0 Å². The van der Waals surface area contributed by atoms with Gasteiger partial charge in [-0.2, -0.15) is 0 Å². The first-order valence-corrected chi connectivity index (χ1v) is 6.26. The molecule has 88 valence electrons. The van der Waals surface area contributed by atoms with Gasteiger partial charge in [-0.3, -0.25) is 0 Å². The molecule has 0 saturated carbocycles. The number of terminal acetylenes is 1. The molecule has 0 unspecified atom stereocenters. The fraction of sp³-hybridized carbons (Fsp3) is 0.412. The molecule has 0 aromatic rings. The van der Waals surface area contributed by atoms with Gasteiger partial charge in [0.25, 0.3) is 0 Å². The molecule has 0 aliphatic heterocycles. The highest BCUT2D eigenvalue weighted by Crippen LogP contribution is 2.45. The van der Waals surface area contributed by atoms with Crippen molar-refractivity contribution in [3.05, 3.63) is 46.6 Å². The average molecular weight is 224 g/mol. The molecule has 0 radical (unpaired) electrons. The van der Waals surface area contributed by atoms with Crippen LogP contribution in [0.1, 0.15) is 40.0 Å². The summed E-state index contributed by atoms with van der Waals surface area (Å²) in [5, 5.41) is 0. The Morgan fingerprint density at radius 3 is 2.53 bits per heavy atom. The van der Waals surface area contributed by atoms with Gasteiger partial charge in [-0.25, -0.2) is 0 Å². The minimum absolute atomic E-state index is 0.118. The monoisotopic (exact) mass is 224 g/mol. The fourth-order valence-corrected chi connectivity index (χ4v) is 3.01. The van der Waals surface area contributed by atoms with Gasteiger partial charge in [0.15, 0.2) is 0 Å². The van der Waals surface area contributed by atoms with Gasteiger partial charge in [0.1, 0.15) is 0 Å². The topological polar surface area (TPSA) is 0 Å². The predicted octanol–water partition coefficient (Wildman–Crippen LogP) is 4.57. The summed E-state index contributed by atoms with van der Waals surface area (Å²) >= 11 is 0. The van der Waals surface area contributed by atoms with E-state index in [0.717, 1.165) is 19.3 Å². The van der Waals surface area contributed by atoms with E-state index in [9.17, 15) is 0 Å². The third-order valence-electron chi connectivity index (χ3n) is 3.94. The van der Waals surface area contributed by atoms with Crippen LogP contribution in [0.4, 0.5) is 0 Å². The molecule has 0 bridgehead atoms. The summed E-state index contributed by atoms with van der Waals surface area (Å²) in [6.07, 6.45) is 17.4. The van der Waals surface area contributed by atoms with Gasteiger partial charge in [-0.05, 0) is 25.3 Å². The van der Waals surface area contributed by atoms with Crippen LogP contribution in [0.3, 0.4) is 0 Å². The average Bonchev–Trinajstić information content (AvgIpc) is 2.87. The lowest BCUT2D eigenvalue weighted by molar-refractivity contribution is 0.535. The van der Waals surface area contributed by atoms with Crippen molar-refractivity contribution in [1.29, 1.82) is 0 Å². The minimum atomic E-state index is 0.118. The largest absolute Gasteiger partial charge is 0.120 e. The Bertz CT molecular complexity index is 485. The zero-order valence-electron chi connectivity index (χ0n) is 11.0. The van der Waals surface area contributed by atoms with Crippen LogP contribution in [0.25, 0.3) is 0 Å². The normalized spacial score (nSPS) is 19.4. The van der Waals surface area contributed by atoms with Crippen molar-refractivity contribution in [2.75, 3.05) is 0 Å². The molecule has 2 rings (SSSR count). The quantitative estimate of drug-likeness (QED) is 0.616. The molecule has 0 amide bonds. The maximum absolute atomic E-state index is 5.46. The lowest BCUT2D eigenvalue weighted by Crippen LogP contribution is -2.18. The Morgan fingerprint density at radius 1 is 1.24 bits per heavy atom. The van der Waals surface area contributed by atoms with Crippen molar-refractivity contribution in [1.82, 2.24) is 0 Å². The van der Waals surface area contributed by atoms with Crippen molar-refractivity contribution in [3.63, 3.8) is 0 Å². The number of hydrogen-bond acceptors (Lipinski definition) is 0. The maximum atomic E-state index is 5.46. The zero-order valence-corrected chi connectivity index (χ0v) is 11.0. The second-order valence-corrected chi connectivity index (χ2v) is 5.40. The highest BCUT2D eigenvalue weighted by Gasteiger charge is 2.31. The molecule has 0 N–H and O–H groups in total. The van der Waals surface area contributed by atoms with Crippen LogP contribution in [0.15, 0.2) is 46.6 Å². The third kappa shape index (κ3) is 2.03. The van der Waals surface area contributed by atoms with Gasteiger partial charge in [0.2, 0.25) is 0 Å². The summed E-state index contributed by atoms with van der Waals surface area (Å²) in [4.78, 5) is 0. The first kappa shape index (κ1) is 12.0. The summed E-state index contributed by atoms with van der Waals surface area (Å²) in [5.74, 6) is 2.78. The van der Waals surface area contributed by atoms with Crippen molar-refractivity contribution < 1.29 is 0 Å². The van der Waals surface area contributed by atoms with Crippen LogP contribution >= 0.6 is 0 Å². The molecule has 0 saturated heterocycles. The molecule has 0 heteroatoms. The Kier molecular flexibility index (Phi) is 3.11. The molecule has 0 heterocycles. The second-order valence-electron chi connectivity index (χ2n) is 5.40. The lowest BCUT2D eigenvalue weighted by Gasteiger charge is -2.30. The van der Waals surface area contributed by atoms with E-state index in [0.29, 0.717) is 0 Å². The van der Waals surface area contributed by atoms with E-state index in [1.807, 2.05) is 0 Å². The highest BCUT2D eigenvalue weighted by atomic mass is 14.4. The Hall–Kier alpha value is -1.48. The Morgan fingerprint density at radius 2 is 1.94 bits per heavy atom. The molecule has 2 aliphatic rings. The molecule has 2 aliphatic carbocycles. The van der Waals surface area contributed by atoms with E-state index in [2.05, 4.69) is 51.0 Å². The molecule has 0 aromatic carbocycles. The van der Waals surface area contributed by atoms with Gasteiger partial charge >= 0.3 is 0 Å². The van der Waals surface area contributed by atoms with Gasteiger partial charge in [-0.1, -0.05) is 54.9 Å². The number of allylic oxidation sites excluding steroid dienone is 8. The van der Waals surface area contributed by atoms with Crippen LogP contribution in [0.2, 0.25) is 0 Å². The van der Waals surface area contributed by atoms with Crippen molar-refractivity contribution in [3.8, 4) is 12.3 Å². The molecular formula is C17H20. The summed E-state index contributed by atoms with van der Waals surface area (Å²) in [6, 6.07) is 0. The van der Waals surface area contributed by atoms with Crippen LogP contribution in [-0.4, -0.2) is 0 Å². The smallest absolute Gasteiger partial charge is 0.0305 e. The highest BCUT2D eigenvalue weighted by molar-refractivity contribution is 5.48. The minimum Gasteiger partial charge on any atom is -0.120 e. The van der Waals surface area contributed by atoms with E-state index >= 15 is 0 Å². The molecule has 0 atom stereocenters. The SMILES string of the molecule is C#CCC1=C(C(C)(C)C2=C(C)C=CC2)C=CC1. The summed E-state index contributed by atoms with van der Waals surface area (Å²) in [6.45, 7) is 6.85. The van der Waals surface area contributed by atoms with Gasteiger partial charge < -0.3 is 0 Å². The van der Waals surface area contributed by atoms with Crippen LogP contribution in [-0.2, 0) is 0 Å². The second kappa shape index (κ2) is 4.41. The maximum Gasteiger partial charge on any atom is 0.0305 e. The molecule has 0 fully saturated rings. The van der Waals surface area contributed by atoms with E-state index in [1.54, 1.807) is 0 Å². The van der Waals surface area contributed by atoms with Crippen LogP contribution in [0, 0.1) is 17.8 Å². The predicted molar refractivity (Wildman–Crippen MR) is 74.5 cm³/mol. The molecule has 0 spiro atoms. The summed E-state index contributed by atoms with van der Waals surface area (Å²) < 4.78 is 0. The lowest BCUT2D eigenvalue weighted by atomic mass is 9.74. The molecular weight excluding hydrogens is 204 g/mol. The third-order valence-corrected chi connectivity index (χ3v) is 3.94. The van der Waals surface area contributed by atoms with E-state index < -0.39 is 0 Å². The molecule has 0 nitrogen and oxygen atoms in total. The fourth-order valence-electron chi connectivity index (χ4n) is 3.01. The standard InChI is InChI=1S/C17H20/c1-5-8-14-10-7-12-16(14)17(3,4)15-11-6-9-13(15)2/h1,6-7,9,12H,8,10-11H2,2-4H3. The van der Waals surface area contributed by atoms with Gasteiger partial charge in [-0.15, -0.1) is 12.3 Å². The van der Waals surface area contributed by atoms with Crippen molar-refractivity contribution >= 4 is 0 Å². The first-order valence-electron chi connectivity index (χ1n) is 6.26. The van der Waals surface area contributed by atoms with Gasteiger partial charge in [0, 0.05) is 11.8 Å². The van der Waals surface area contributed by atoms with Crippen molar-refractivity contribution in [2.24, 2.45) is 5.41 Å². The number of rotatable bonds is 3. The van der Waals surface area contributed by atoms with E-state index in [-0.39, 0.29) is 5.41 Å². The number of hydrogen-bond donors (Lipinski definition) is 0. The van der Waals surface area contributed by atoms with Crippen molar-refractivity contribution in [2.45, 2.75) is 40.0 Å². The first-order chi connectivity index (χ1) is 8.07. The van der Waals surface area contributed by atoms with E-state index in [4.69, 9.17) is 6.42 Å². The van der Waals surface area contributed by atoms with Crippen LogP contribution < -0.4 is 0 Å². The molecule has 0 aromatic heterocycles. The summed E-state index contributed by atoms with van der Waals surface area (Å²) in [7, 11) is 0. The van der Waals surface area contributed by atoms with Gasteiger partial charge in [0.05, 0.1) is 0 Å². The Labute approximate surface area is 105 Å². The van der Waals surface area contributed by atoms with E-state index in [1.165, 1.54) is 22.3 Å². The molecule has 17 heavy (non-hydrogen) atoms. The summed E-state index contributed by atoms with van der Waals surface area (Å²) in [5.41, 5.74) is 5.93. The zero-order chi connectivity index (χ0) is 12.5. The Balaban J connectivity index is 2.39.